The molecule has 0 unspecified atom stereocenters. The van der Waals surface area contributed by atoms with E-state index >= 15 is 0 Å². The summed E-state index contributed by atoms with van der Waals surface area (Å²) in [5, 5.41) is 3.81. The van der Waals surface area contributed by atoms with Crippen molar-refractivity contribution < 1.29 is 18.0 Å². The summed E-state index contributed by atoms with van der Waals surface area (Å²) in [7, 11) is 0. The number of benzene rings is 3. The van der Waals surface area contributed by atoms with Gasteiger partial charge in [0.15, 0.2) is 0 Å². The summed E-state index contributed by atoms with van der Waals surface area (Å²) in [5.41, 5.74) is 3.87. The number of piperazine rings is 1. The molecule has 0 atom stereocenters. The summed E-state index contributed by atoms with van der Waals surface area (Å²) in [6.07, 6.45) is -2.95. The molecule has 5 nitrogen and oxygen atoms in total. The van der Waals surface area contributed by atoms with Crippen molar-refractivity contribution in [2.24, 2.45) is 0 Å². The molecule has 1 aliphatic heterocycles. The highest BCUT2D eigenvalue weighted by molar-refractivity contribution is 5.96. The molecular formula is C28H25F3N4O. The van der Waals surface area contributed by atoms with Crippen LogP contribution in [0.4, 0.5) is 30.2 Å². The van der Waals surface area contributed by atoms with Gasteiger partial charge in [0.1, 0.15) is 0 Å². The minimum Gasteiger partial charge on any atom is -0.368 e. The maximum atomic E-state index is 13.0. The van der Waals surface area contributed by atoms with Gasteiger partial charge in [0, 0.05) is 60.4 Å². The first kappa shape index (κ1) is 23.7. The topological polar surface area (TPSA) is 48.5 Å². The number of halogens is 3. The lowest BCUT2D eigenvalue weighted by Crippen LogP contribution is -2.48. The third-order valence-corrected chi connectivity index (χ3v) is 6.45. The van der Waals surface area contributed by atoms with Crippen molar-refractivity contribution in [1.82, 2.24) is 9.88 Å². The Morgan fingerprint density at radius 1 is 0.889 bits per heavy atom. The van der Waals surface area contributed by atoms with Crippen LogP contribution >= 0.6 is 0 Å². The van der Waals surface area contributed by atoms with E-state index in [1.807, 2.05) is 4.90 Å². The number of hydrogen-bond donors (Lipinski definition) is 1. The van der Waals surface area contributed by atoms with Crippen molar-refractivity contribution in [3.8, 4) is 0 Å². The van der Waals surface area contributed by atoms with Crippen molar-refractivity contribution in [3.63, 3.8) is 0 Å². The van der Waals surface area contributed by atoms with Crippen LogP contribution in [0.1, 0.15) is 21.5 Å². The Kier molecular flexibility index (Phi) is 6.26. The maximum Gasteiger partial charge on any atom is 0.416 e. The molecule has 2 heterocycles. The zero-order valence-electron chi connectivity index (χ0n) is 19.7. The van der Waals surface area contributed by atoms with Gasteiger partial charge in [-0.25, -0.2) is 0 Å². The van der Waals surface area contributed by atoms with E-state index in [4.69, 9.17) is 0 Å². The van der Waals surface area contributed by atoms with Crippen LogP contribution in [-0.4, -0.2) is 42.0 Å². The minimum atomic E-state index is -4.42. The molecule has 0 radical (unpaired) electrons. The molecule has 4 aromatic rings. The third kappa shape index (κ3) is 4.98. The van der Waals surface area contributed by atoms with E-state index < -0.39 is 11.7 Å². The highest BCUT2D eigenvalue weighted by Crippen LogP contribution is 2.33. The number of aromatic nitrogens is 1. The Morgan fingerprint density at radius 2 is 1.58 bits per heavy atom. The number of nitrogens with zero attached hydrogens (tertiary/aromatic N) is 3. The van der Waals surface area contributed by atoms with Gasteiger partial charge in [-0.05, 0) is 61.5 Å². The number of alkyl halides is 3. The summed E-state index contributed by atoms with van der Waals surface area (Å²) in [4.78, 5) is 21.3. The quantitative estimate of drug-likeness (QED) is 0.366. The SMILES string of the molecule is Cc1ccc(N2CCN(C(=O)c3ccc(Nc4ccnc5cc(C(F)(F)F)ccc45)cc3)CC2)cc1. The van der Waals surface area contributed by atoms with Crippen molar-refractivity contribution in [1.29, 1.82) is 0 Å². The summed E-state index contributed by atoms with van der Waals surface area (Å²) in [6.45, 7) is 4.91. The molecule has 5 rings (SSSR count). The molecule has 1 fully saturated rings. The van der Waals surface area contributed by atoms with Gasteiger partial charge >= 0.3 is 6.18 Å². The Labute approximate surface area is 207 Å². The molecule has 0 saturated carbocycles. The van der Waals surface area contributed by atoms with Gasteiger partial charge in [-0.2, -0.15) is 13.2 Å². The molecule has 0 bridgehead atoms. The van der Waals surface area contributed by atoms with E-state index in [1.165, 1.54) is 23.5 Å². The van der Waals surface area contributed by atoms with Gasteiger partial charge < -0.3 is 15.1 Å². The average molecular weight is 491 g/mol. The van der Waals surface area contributed by atoms with E-state index in [0.717, 1.165) is 30.9 Å². The van der Waals surface area contributed by atoms with Crippen molar-refractivity contribution in [2.75, 3.05) is 36.4 Å². The third-order valence-electron chi connectivity index (χ3n) is 6.45. The molecule has 1 amide bonds. The average Bonchev–Trinajstić information content (AvgIpc) is 2.89. The second-order valence-corrected chi connectivity index (χ2v) is 8.91. The monoisotopic (exact) mass is 490 g/mol. The molecule has 36 heavy (non-hydrogen) atoms. The van der Waals surface area contributed by atoms with Crippen LogP contribution in [0.3, 0.4) is 0 Å². The number of carbonyl (C=O) groups excluding carboxylic acids is 1. The Morgan fingerprint density at radius 3 is 2.25 bits per heavy atom. The van der Waals surface area contributed by atoms with Crippen LogP contribution in [-0.2, 0) is 6.18 Å². The zero-order valence-corrected chi connectivity index (χ0v) is 19.7. The molecular weight excluding hydrogens is 465 g/mol. The predicted octanol–water partition coefficient (Wildman–Crippen LogP) is 6.27. The van der Waals surface area contributed by atoms with Crippen molar-refractivity contribution in [2.45, 2.75) is 13.1 Å². The molecule has 1 N–H and O–H groups in total. The van der Waals surface area contributed by atoms with Crippen LogP contribution < -0.4 is 10.2 Å². The van der Waals surface area contributed by atoms with Gasteiger partial charge in [0.25, 0.3) is 5.91 Å². The van der Waals surface area contributed by atoms with E-state index in [-0.39, 0.29) is 11.4 Å². The van der Waals surface area contributed by atoms with Crippen molar-refractivity contribution >= 4 is 33.9 Å². The van der Waals surface area contributed by atoms with E-state index in [1.54, 1.807) is 30.3 Å². The number of anilines is 3. The summed E-state index contributed by atoms with van der Waals surface area (Å²) >= 11 is 0. The van der Waals surface area contributed by atoms with Gasteiger partial charge in [0.2, 0.25) is 0 Å². The molecule has 1 aliphatic rings. The largest absolute Gasteiger partial charge is 0.416 e. The second kappa shape index (κ2) is 9.53. The van der Waals surface area contributed by atoms with Crippen LogP contribution in [0.5, 0.6) is 0 Å². The molecule has 0 aliphatic carbocycles. The predicted molar refractivity (Wildman–Crippen MR) is 136 cm³/mol. The Balaban J connectivity index is 1.24. The highest BCUT2D eigenvalue weighted by Gasteiger charge is 2.30. The fourth-order valence-corrected chi connectivity index (χ4v) is 4.39. The number of pyridine rings is 1. The number of nitrogens with one attached hydrogen (secondary N) is 1. The lowest BCUT2D eigenvalue weighted by molar-refractivity contribution is -0.137. The molecule has 184 valence electrons. The number of hydrogen-bond acceptors (Lipinski definition) is 4. The standard InChI is InChI=1S/C28H25F3N4O/c1-19-2-9-23(10-3-19)34-14-16-35(17-15-34)27(36)20-4-7-22(8-5-20)33-25-12-13-32-26-18-21(28(29,30)31)6-11-24(25)26/h2-13,18H,14-17H2,1H3,(H,32,33). The fourth-order valence-electron chi connectivity index (χ4n) is 4.39. The van der Waals surface area contributed by atoms with Gasteiger partial charge in [0.05, 0.1) is 11.1 Å². The summed E-state index contributed by atoms with van der Waals surface area (Å²) in [5.74, 6) is -0.0147. The fraction of sp³-hybridized carbons (Fsp3) is 0.214. The summed E-state index contributed by atoms with van der Waals surface area (Å²) < 4.78 is 39.1. The molecule has 1 aromatic heterocycles. The van der Waals surface area contributed by atoms with E-state index in [0.29, 0.717) is 29.7 Å². The van der Waals surface area contributed by atoms with Crippen molar-refractivity contribution in [3.05, 3.63) is 95.7 Å². The van der Waals surface area contributed by atoms with Gasteiger partial charge in [-0.3, -0.25) is 9.78 Å². The Hall–Kier alpha value is -4.07. The van der Waals surface area contributed by atoms with Crippen LogP contribution in [0, 0.1) is 6.92 Å². The number of fused-ring (bicyclic) bond motifs is 1. The number of carbonyl (C=O) groups is 1. The van der Waals surface area contributed by atoms with Crippen LogP contribution in [0.25, 0.3) is 10.9 Å². The number of aryl methyl sites for hydroxylation is 1. The lowest BCUT2D eigenvalue weighted by Gasteiger charge is -2.36. The number of rotatable bonds is 4. The smallest absolute Gasteiger partial charge is 0.368 e. The highest BCUT2D eigenvalue weighted by atomic mass is 19.4. The zero-order chi connectivity index (χ0) is 25.3. The second-order valence-electron chi connectivity index (χ2n) is 8.91. The molecule has 0 spiro atoms. The van der Waals surface area contributed by atoms with Crippen LogP contribution in [0.15, 0.2) is 79.0 Å². The normalized spacial score (nSPS) is 14.2. The van der Waals surface area contributed by atoms with Gasteiger partial charge in [-0.1, -0.05) is 23.8 Å². The van der Waals surface area contributed by atoms with Gasteiger partial charge in [-0.15, -0.1) is 0 Å². The first-order valence-corrected chi connectivity index (χ1v) is 11.7. The minimum absolute atomic E-state index is 0.0147. The summed E-state index contributed by atoms with van der Waals surface area (Å²) in [6, 6.07) is 20.8. The Bertz CT molecular complexity index is 1380. The molecule has 3 aromatic carbocycles. The van der Waals surface area contributed by atoms with E-state index in [9.17, 15) is 18.0 Å². The maximum absolute atomic E-state index is 13.0. The molecule has 1 saturated heterocycles. The first-order chi connectivity index (χ1) is 17.3. The van der Waals surface area contributed by atoms with E-state index in [2.05, 4.69) is 46.4 Å². The lowest BCUT2D eigenvalue weighted by atomic mass is 10.1. The number of amides is 1. The molecule has 8 heteroatoms. The van der Waals surface area contributed by atoms with Crippen LogP contribution in [0.2, 0.25) is 0 Å². The first-order valence-electron chi connectivity index (χ1n) is 11.7.